The lowest BCUT2D eigenvalue weighted by Crippen LogP contribution is -2.32. The third kappa shape index (κ3) is 5.04. The Morgan fingerprint density at radius 3 is 1.66 bits per heavy atom. The van der Waals surface area contributed by atoms with E-state index in [0.717, 1.165) is 0 Å². The van der Waals surface area contributed by atoms with E-state index in [-0.39, 0.29) is 41.6 Å². The fourth-order valence-electron chi connectivity index (χ4n) is 3.60. The minimum atomic E-state index is -0.830. The number of hydrogen-bond acceptors (Lipinski definition) is 9. The van der Waals surface area contributed by atoms with Gasteiger partial charge in [-0.1, -0.05) is 0 Å². The van der Waals surface area contributed by atoms with E-state index < -0.39 is 23.8 Å². The quantitative estimate of drug-likeness (QED) is 0.475. The van der Waals surface area contributed by atoms with E-state index in [1.165, 1.54) is 21.1 Å². The number of esters is 3. The molecule has 1 heterocycles. The Hall–Kier alpha value is -3.49. The second-order valence-corrected chi connectivity index (χ2v) is 6.92. The summed E-state index contributed by atoms with van der Waals surface area (Å²) in [5.41, 5.74) is 2.09. The van der Waals surface area contributed by atoms with Crippen LogP contribution in [0.4, 0.5) is 0 Å². The summed E-state index contributed by atoms with van der Waals surface area (Å²) in [5, 5.41) is 3.08. The highest BCUT2D eigenvalue weighted by Gasteiger charge is 2.39. The number of benzene rings is 1. The van der Waals surface area contributed by atoms with E-state index in [4.69, 9.17) is 23.7 Å². The molecule has 0 radical (unpaired) electrons. The van der Waals surface area contributed by atoms with Crippen molar-refractivity contribution in [3.8, 4) is 17.2 Å². The van der Waals surface area contributed by atoms with E-state index in [2.05, 4.69) is 5.32 Å². The van der Waals surface area contributed by atoms with Gasteiger partial charge in [-0.25, -0.2) is 9.59 Å². The first-order valence-corrected chi connectivity index (χ1v) is 10.2. The highest BCUT2D eigenvalue weighted by molar-refractivity contribution is 6.00. The molecule has 9 heteroatoms. The molecule has 0 atom stereocenters. The first-order chi connectivity index (χ1) is 15.2. The van der Waals surface area contributed by atoms with E-state index in [0.29, 0.717) is 17.0 Å². The molecule has 2 rings (SSSR count). The summed E-state index contributed by atoms with van der Waals surface area (Å²) in [7, 11) is 2.82. The van der Waals surface area contributed by atoms with Crippen LogP contribution in [0.5, 0.6) is 17.2 Å². The van der Waals surface area contributed by atoms with Gasteiger partial charge in [0.15, 0.2) is 11.5 Å². The number of allylic oxidation sites excluding steroid dienone is 2. The molecule has 1 aliphatic heterocycles. The van der Waals surface area contributed by atoms with Crippen LogP contribution in [0.25, 0.3) is 0 Å². The zero-order chi connectivity index (χ0) is 24.0. The van der Waals surface area contributed by atoms with Crippen LogP contribution in [0.2, 0.25) is 0 Å². The van der Waals surface area contributed by atoms with Gasteiger partial charge in [-0.15, -0.1) is 0 Å². The fourth-order valence-corrected chi connectivity index (χ4v) is 3.60. The number of carbonyl (C=O) groups is 3. The van der Waals surface area contributed by atoms with Gasteiger partial charge in [0, 0.05) is 18.3 Å². The maximum atomic E-state index is 12.9. The third-order valence-corrected chi connectivity index (χ3v) is 4.81. The van der Waals surface area contributed by atoms with E-state index in [1.807, 2.05) is 0 Å². The van der Waals surface area contributed by atoms with Gasteiger partial charge < -0.3 is 29.0 Å². The third-order valence-electron chi connectivity index (χ3n) is 4.81. The Kier molecular flexibility index (Phi) is 8.28. The van der Waals surface area contributed by atoms with Crippen LogP contribution >= 0.6 is 0 Å². The van der Waals surface area contributed by atoms with Crippen LogP contribution < -0.4 is 19.5 Å². The van der Waals surface area contributed by atoms with Crippen LogP contribution in [0.1, 0.15) is 46.1 Å². The molecular formula is C23H29NO8. The van der Waals surface area contributed by atoms with E-state index in [1.54, 1.807) is 39.8 Å². The lowest BCUT2D eigenvalue weighted by molar-refractivity contribution is -0.139. The molecule has 0 aromatic heterocycles. The Balaban J connectivity index is 2.81. The van der Waals surface area contributed by atoms with Crippen molar-refractivity contribution in [1.29, 1.82) is 0 Å². The lowest BCUT2D eigenvalue weighted by atomic mass is 9.80. The van der Waals surface area contributed by atoms with E-state index in [9.17, 15) is 14.4 Å². The topological polar surface area (TPSA) is 109 Å². The first-order valence-electron chi connectivity index (χ1n) is 10.2. The second-order valence-electron chi connectivity index (χ2n) is 6.92. The van der Waals surface area contributed by atoms with Crippen molar-refractivity contribution >= 4 is 17.9 Å². The van der Waals surface area contributed by atoms with Crippen molar-refractivity contribution in [2.75, 3.05) is 27.4 Å². The van der Waals surface area contributed by atoms with Crippen molar-refractivity contribution < 1.29 is 38.1 Å². The minimum Gasteiger partial charge on any atom is -0.493 e. The molecule has 174 valence electrons. The predicted octanol–water partition coefficient (Wildman–Crippen LogP) is 2.99. The molecule has 0 bridgehead atoms. The molecule has 0 unspecified atom stereocenters. The summed E-state index contributed by atoms with van der Waals surface area (Å²) in [6.45, 7) is 8.45. The number of rotatable bonds is 8. The maximum absolute atomic E-state index is 12.9. The molecule has 1 aliphatic rings. The number of methoxy groups -OCH3 is 2. The Labute approximate surface area is 187 Å². The monoisotopic (exact) mass is 447 g/mol. The molecule has 0 saturated heterocycles. The van der Waals surface area contributed by atoms with Crippen molar-refractivity contribution in [1.82, 2.24) is 5.32 Å². The van der Waals surface area contributed by atoms with Gasteiger partial charge in [-0.05, 0) is 45.4 Å². The normalized spacial score (nSPS) is 14.0. The maximum Gasteiger partial charge on any atom is 0.336 e. The summed E-state index contributed by atoms with van der Waals surface area (Å²) < 4.78 is 26.7. The molecule has 0 aliphatic carbocycles. The van der Waals surface area contributed by atoms with Gasteiger partial charge in [-0.3, -0.25) is 4.79 Å². The van der Waals surface area contributed by atoms with Gasteiger partial charge in [0.05, 0.1) is 44.5 Å². The molecule has 0 amide bonds. The van der Waals surface area contributed by atoms with Crippen LogP contribution in [-0.2, 0) is 23.9 Å². The Morgan fingerprint density at radius 1 is 0.875 bits per heavy atom. The fraction of sp³-hybridized carbons (Fsp3) is 0.435. The number of carbonyl (C=O) groups excluding carboxylic acids is 3. The van der Waals surface area contributed by atoms with Crippen LogP contribution in [0.15, 0.2) is 34.7 Å². The SMILES string of the molecule is CCOC(=O)C1=C(C)NC(C)=C(C(=O)OCC)C1c1cc(OC)c(OC(C)=O)c(OC)c1. The average molecular weight is 447 g/mol. The molecule has 0 saturated carbocycles. The molecule has 1 aromatic carbocycles. The van der Waals surface area contributed by atoms with Gasteiger partial charge >= 0.3 is 17.9 Å². The summed E-state index contributed by atoms with van der Waals surface area (Å²) in [5.74, 6) is -2.02. The van der Waals surface area contributed by atoms with Crippen molar-refractivity contribution in [2.24, 2.45) is 0 Å². The molecule has 1 N–H and O–H groups in total. The Bertz CT molecular complexity index is 911. The summed E-state index contributed by atoms with van der Waals surface area (Å²) in [6.07, 6.45) is 0. The standard InChI is InChI=1S/C23H29NO8/c1-8-30-22(26)18-12(3)24-13(4)19(23(27)31-9-2)20(18)15-10-16(28-6)21(32-14(5)25)17(11-15)29-7/h10-11,20,24H,8-9H2,1-7H3. The van der Waals surface area contributed by atoms with E-state index >= 15 is 0 Å². The smallest absolute Gasteiger partial charge is 0.336 e. The highest BCUT2D eigenvalue weighted by Crippen LogP contribution is 2.46. The summed E-state index contributed by atoms with van der Waals surface area (Å²) in [4.78, 5) is 37.4. The van der Waals surface area contributed by atoms with Crippen LogP contribution in [0.3, 0.4) is 0 Å². The predicted molar refractivity (Wildman–Crippen MR) is 115 cm³/mol. The van der Waals surface area contributed by atoms with Crippen LogP contribution in [-0.4, -0.2) is 45.3 Å². The first kappa shape index (κ1) is 24.8. The van der Waals surface area contributed by atoms with Gasteiger partial charge in [0.25, 0.3) is 0 Å². The number of nitrogens with one attached hydrogen (secondary N) is 1. The molecule has 1 aromatic rings. The molecular weight excluding hydrogens is 418 g/mol. The summed E-state index contributed by atoms with van der Waals surface area (Å²) in [6, 6.07) is 3.19. The summed E-state index contributed by atoms with van der Waals surface area (Å²) >= 11 is 0. The zero-order valence-electron chi connectivity index (χ0n) is 19.4. The number of hydrogen-bond donors (Lipinski definition) is 1. The van der Waals surface area contributed by atoms with Gasteiger partial charge in [0.1, 0.15) is 0 Å². The van der Waals surface area contributed by atoms with Crippen molar-refractivity contribution in [2.45, 2.75) is 40.5 Å². The zero-order valence-corrected chi connectivity index (χ0v) is 19.4. The molecule has 9 nitrogen and oxygen atoms in total. The second kappa shape index (κ2) is 10.7. The Morgan fingerprint density at radius 2 is 1.31 bits per heavy atom. The highest BCUT2D eigenvalue weighted by atomic mass is 16.6. The number of dihydropyridines is 1. The largest absolute Gasteiger partial charge is 0.493 e. The minimum absolute atomic E-state index is 0.0944. The molecule has 0 fully saturated rings. The van der Waals surface area contributed by atoms with Crippen LogP contribution in [0, 0.1) is 0 Å². The van der Waals surface area contributed by atoms with Gasteiger partial charge in [-0.2, -0.15) is 0 Å². The molecule has 32 heavy (non-hydrogen) atoms. The molecule has 0 spiro atoms. The van der Waals surface area contributed by atoms with Crippen molar-refractivity contribution in [3.05, 3.63) is 40.2 Å². The lowest BCUT2D eigenvalue weighted by Gasteiger charge is -2.31. The number of ether oxygens (including phenoxy) is 5. The average Bonchev–Trinajstić information content (AvgIpc) is 2.73. The van der Waals surface area contributed by atoms with Crippen molar-refractivity contribution in [3.63, 3.8) is 0 Å². The van der Waals surface area contributed by atoms with Gasteiger partial charge in [0.2, 0.25) is 5.75 Å².